The van der Waals surface area contributed by atoms with Crippen molar-refractivity contribution in [2.75, 3.05) is 12.3 Å². The van der Waals surface area contributed by atoms with E-state index in [1.54, 1.807) is 32.0 Å². The fourth-order valence-corrected chi connectivity index (χ4v) is 5.23. The number of carbonyl (C=O) groups is 1. The molecule has 0 spiro atoms. The summed E-state index contributed by atoms with van der Waals surface area (Å²) < 4.78 is 51.7. The molecule has 4 rings (SSSR count). The number of nitrogens with two attached hydrogens (primary N) is 1. The number of aromatic amines is 1. The SMILES string of the molecule is CC(C)OC(=O)[C@@H](C)N[P@](=O)(OC[C@@]1(F)O[C@@H](n2cnc3c(=O)[nH]c(N)nc32)[C@H](O)[C@@H]1O)Oc1ccccc1. The Hall–Kier alpha value is -3.40. The van der Waals surface area contributed by atoms with Crippen molar-refractivity contribution in [2.24, 2.45) is 0 Å². The number of para-hydroxylation sites is 1. The molecule has 1 aliphatic heterocycles. The van der Waals surface area contributed by atoms with E-state index in [0.29, 0.717) is 0 Å². The average Bonchev–Trinajstić information content (AvgIpc) is 3.38. The number of carbonyl (C=O) groups excluding carboxylic acids is 1. The van der Waals surface area contributed by atoms with Crippen molar-refractivity contribution in [3.63, 3.8) is 0 Å². The van der Waals surface area contributed by atoms with Crippen LogP contribution in [-0.4, -0.2) is 72.5 Å². The Bertz CT molecular complexity index is 1440. The third-order valence-corrected chi connectivity index (χ3v) is 7.18. The maximum Gasteiger partial charge on any atom is 0.459 e. The van der Waals surface area contributed by atoms with Gasteiger partial charge in [-0.2, -0.15) is 10.1 Å². The normalized spacial score (nSPS) is 25.5. The number of aliphatic hydroxyl groups excluding tert-OH is 2. The lowest BCUT2D eigenvalue weighted by molar-refractivity contribution is -0.202. The maximum absolute atomic E-state index is 15.9. The van der Waals surface area contributed by atoms with Gasteiger partial charge < -0.3 is 29.9 Å². The van der Waals surface area contributed by atoms with E-state index in [1.165, 1.54) is 19.1 Å². The molecule has 2 aromatic heterocycles. The summed E-state index contributed by atoms with van der Waals surface area (Å²) in [7, 11) is -4.53. The number of alkyl halides is 1. The molecule has 0 bridgehead atoms. The molecular weight excluding hydrogens is 542 g/mol. The van der Waals surface area contributed by atoms with Crippen LogP contribution in [0.5, 0.6) is 5.75 Å². The van der Waals surface area contributed by atoms with Gasteiger partial charge in [0.1, 0.15) is 30.6 Å². The number of imidazole rings is 1. The number of nitrogen functional groups attached to an aromatic ring is 1. The van der Waals surface area contributed by atoms with Gasteiger partial charge in [0.25, 0.3) is 11.4 Å². The largest absolute Gasteiger partial charge is 0.462 e. The van der Waals surface area contributed by atoms with Gasteiger partial charge in [0.15, 0.2) is 17.4 Å². The van der Waals surface area contributed by atoms with Gasteiger partial charge in [0, 0.05) is 0 Å². The second kappa shape index (κ2) is 11.0. The van der Waals surface area contributed by atoms with Crippen LogP contribution in [0.1, 0.15) is 27.0 Å². The Morgan fingerprint density at radius 1 is 1.33 bits per heavy atom. The van der Waals surface area contributed by atoms with E-state index in [1.807, 2.05) is 0 Å². The number of hydrogen-bond donors (Lipinski definition) is 5. The molecule has 1 aromatic carbocycles. The fourth-order valence-electron chi connectivity index (χ4n) is 3.73. The molecule has 3 aromatic rings. The second-order valence-corrected chi connectivity index (χ2v) is 10.7. The number of aliphatic hydroxyl groups is 2. The number of aromatic nitrogens is 4. The van der Waals surface area contributed by atoms with Gasteiger partial charge in [-0.3, -0.25) is 23.7 Å². The number of nitrogens with zero attached hydrogens (tertiary/aromatic N) is 3. The Morgan fingerprint density at radius 2 is 2.03 bits per heavy atom. The molecule has 0 radical (unpaired) electrons. The Balaban J connectivity index is 1.57. The minimum atomic E-state index is -4.53. The Morgan fingerprint density at radius 3 is 2.69 bits per heavy atom. The van der Waals surface area contributed by atoms with Crippen molar-refractivity contribution < 1.29 is 42.5 Å². The number of ether oxygens (including phenoxy) is 2. The van der Waals surface area contributed by atoms with E-state index >= 15 is 4.39 Å². The van der Waals surface area contributed by atoms with Crippen LogP contribution < -0.4 is 20.9 Å². The zero-order chi connectivity index (χ0) is 28.5. The summed E-state index contributed by atoms with van der Waals surface area (Å²) in [5.74, 6) is -4.11. The van der Waals surface area contributed by atoms with Crippen molar-refractivity contribution in [1.82, 2.24) is 24.6 Å². The van der Waals surface area contributed by atoms with Gasteiger partial charge in [-0.15, -0.1) is 0 Å². The molecule has 212 valence electrons. The highest BCUT2D eigenvalue weighted by Crippen LogP contribution is 2.48. The molecule has 6 N–H and O–H groups in total. The third kappa shape index (κ3) is 6.11. The summed E-state index contributed by atoms with van der Waals surface area (Å²) in [6, 6.07) is 6.53. The highest BCUT2D eigenvalue weighted by molar-refractivity contribution is 7.52. The third-order valence-electron chi connectivity index (χ3n) is 5.56. The van der Waals surface area contributed by atoms with Gasteiger partial charge in [-0.05, 0) is 32.9 Å². The molecule has 1 aliphatic rings. The summed E-state index contributed by atoms with van der Waals surface area (Å²) in [5, 5.41) is 23.5. The number of hydrogen-bond acceptors (Lipinski definition) is 12. The topological polar surface area (TPSA) is 213 Å². The molecule has 39 heavy (non-hydrogen) atoms. The second-order valence-electron chi connectivity index (χ2n) is 9.02. The predicted octanol–water partition coefficient (Wildman–Crippen LogP) is 0.752. The van der Waals surface area contributed by atoms with E-state index in [2.05, 4.69) is 20.0 Å². The van der Waals surface area contributed by atoms with Crippen molar-refractivity contribution in [2.45, 2.75) is 57.2 Å². The molecular formula is C22H28FN6O9P. The quantitative estimate of drug-likeness (QED) is 0.168. The van der Waals surface area contributed by atoms with E-state index in [-0.39, 0.29) is 22.9 Å². The number of benzene rings is 1. The van der Waals surface area contributed by atoms with Crippen LogP contribution in [0.2, 0.25) is 0 Å². The standard InChI is InChI=1S/C22H28FN6O9P/c1-11(2)36-20(33)12(3)28-39(34,38-13-7-5-4-6-8-13)35-9-22(23)16(31)15(30)19(37-22)29-10-25-14-17(29)26-21(24)27-18(14)32/h4-8,10-12,15-16,19,30-31H,9H2,1-3H3,(H,28,34)(H3,24,26,27,32)/t12-,15-,16+,19-,22-,39+/m1/s1. The van der Waals surface area contributed by atoms with Crippen LogP contribution in [0.15, 0.2) is 41.5 Å². The van der Waals surface area contributed by atoms with E-state index in [0.717, 1.165) is 10.9 Å². The number of rotatable bonds is 10. The van der Waals surface area contributed by atoms with Crippen molar-refractivity contribution in [3.05, 3.63) is 47.0 Å². The van der Waals surface area contributed by atoms with Crippen LogP contribution >= 0.6 is 7.75 Å². The predicted molar refractivity (Wildman–Crippen MR) is 133 cm³/mol. The van der Waals surface area contributed by atoms with Crippen LogP contribution in [0.25, 0.3) is 11.2 Å². The van der Waals surface area contributed by atoms with Gasteiger partial charge >= 0.3 is 13.7 Å². The smallest absolute Gasteiger partial charge is 0.459 e. The molecule has 0 saturated carbocycles. The lowest BCUT2D eigenvalue weighted by Gasteiger charge is -2.27. The van der Waals surface area contributed by atoms with Crippen LogP contribution in [0.4, 0.5) is 10.3 Å². The Kier molecular flexibility index (Phi) is 8.07. The molecule has 0 unspecified atom stereocenters. The first-order valence-electron chi connectivity index (χ1n) is 11.7. The highest BCUT2D eigenvalue weighted by atomic mass is 31.2. The molecule has 0 aliphatic carbocycles. The first kappa shape index (κ1) is 28.6. The summed E-state index contributed by atoms with van der Waals surface area (Å²) in [6.07, 6.45) is -5.17. The zero-order valence-electron chi connectivity index (χ0n) is 21.1. The summed E-state index contributed by atoms with van der Waals surface area (Å²) in [4.78, 5) is 34.4. The minimum Gasteiger partial charge on any atom is -0.462 e. The lowest BCUT2D eigenvalue weighted by atomic mass is 10.1. The van der Waals surface area contributed by atoms with Gasteiger partial charge in [-0.25, -0.2) is 13.9 Å². The summed E-state index contributed by atoms with van der Waals surface area (Å²) in [5.41, 5.74) is 4.57. The lowest BCUT2D eigenvalue weighted by Crippen LogP contribution is -2.44. The van der Waals surface area contributed by atoms with Crippen LogP contribution in [0.3, 0.4) is 0 Å². The summed E-state index contributed by atoms with van der Waals surface area (Å²) in [6.45, 7) is 3.37. The van der Waals surface area contributed by atoms with E-state index in [4.69, 9.17) is 24.3 Å². The van der Waals surface area contributed by atoms with Gasteiger partial charge in [0.05, 0.1) is 12.4 Å². The fraction of sp³-hybridized carbons (Fsp3) is 0.455. The highest BCUT2D eigenvalue weighted by Gasteiger charge is 2.57. The molecule has 3 heterocycles. The molecule has 0 amide bonds. The van der Waals surface area contributed by atoms with Crippen LogP contribution in [0, 0.1) is 0 Å². The maximum atomic E-state index is 15.9. The molecule has 1 saturated heterocycles. The number of fused-ring (bicyclic) bond motifs is 1. The number of anilines is 1. The average molecular weight is 570 g/mol. The molecule has 6 atom stereocenters. The van der Waals surface area contributed by atoms with Gasteiger partial charge in [0.2, 0.25) is 5.95 Å². The summed E-state index contributed by atoms with van der Waals surface area (Å²) >= 11 is 0. The number of nitrogens with one attached hydrogen (secondary N) is 2. The molecule has 1 fully saturated rings. The monoisotopic (exact) mass is 570 g/mol. The molecule has 17 heteroatoms. The van der Waals surface area contributed by atoms with Crippen molar-refractivity contribution >= 4 is 30.8 Å². The van der Waals surface area contributed by atoms with Crippen molar-refractivity contribution in [1.29, 1.82) is 0 Å². The van der Waals surface area contributed by atoms with Gasteiger partial charge in [-0.1, -0.05) is 18.2 Å². The van der Waals surface area contributed by atoms with Crippen LogP contribution in [-0.2, 0) is 23.4 Å². The number of halogens is 1. The Labute approximate surface area is 220 Å². The number of H-pyrrole nitrogens is 1. The zero-order valence-corrected chi connectivity index (χ0v) is 21.9. The number of esters is 1. The molecule has 15 nitrogen and oxygen atoms in total. The first-order valence-corrected chi connectivity index (χ1v) is 13.3. The van der Waals surface area contributed by atoms with E-state index in [9.17, 15) is 24.4 Å². The van der Waals surface area contributed by atoms with Crippen molar-refractivity contribution in [3.8, 4) is 5.75 Å². The minimum absolute atomic E-state index is 0.0650. The van der Waals surface area contributed by atoms with E-state index < -0.39 is 62.3 Å². The first-order chi connectivity index (χ1) is 18.3.